The van der Waals surface area contributed by atoms with Gasteiger partial charge >= 0.3 is 0 Å². The maximum atomic E-state index is 15.2. The highest BCUT2D eigenvalue weighted by molar-refractivity contribution is 6.30. The number of ether oxygens (including phenoxy) is 2. The van der Waals surface area contributed by atoms with Gasteiger partial charge in [0.1, 0.15) is 17.4 Å². The number of benzene rings is 3. The second-order valence-electron chi connectivity index (χ2n) is 13.4. The number of fused-ring (bicyclic) bond motifs is 1. The summed E-state index contributed by atoms with van der Waals surface area (Å²) in [4.78, 5) is 49.9. The second kappa shape index (κ2) is 14.1. The summed E-state index contributed by atoms with van der Waals surface area (Å²) in [6.45, 7) is 14.0. The average molecular weight is 698 g/mol. The lowest BCUT2D eigenvalue weighted by Crippen LogP contribution is -2.57. The highest BCUT2D eigenvalue weighted by Gasteiger charge is 2.80. The molecule has 1 N–H and O–H groups in total. The molecule has 0 aliphatic carbocycles. The molecule has 3 aliphatic heterocycles. The first-order valence-electron chi connectivity index (χ1n) is 17.1. The van der Waals surface area contributed by atoms with Crippen LogP contribution >= 0.6 is 11.6 Å². The zero-order valence-corrected chi connectivity index (χ0v) is 29.5. The maximum Gasteiger partial charge on any atom is 0.253 e. The molecular formula is C40H44ClN3O6. The number of halogens is 1. The Morgan fingerprint density at radius 1 is 1.00 bits per heavy atom. The molecule has 1 spiro atoms. The van der Waals surface area contributed by atoms with Crippen molar-refractivity contribution in [1.29, 1.82) is 0 Å². The standard InChI is InChI=1S/C40H44ClN3O6/c1-6-22-42(30-18-20-31(21-19-30)49-8-3)36(46)33-34-37(47)44(32(25-45)27-12-10-9-11-13-27)35(40(34)24-26(4)39(33,5)50-40)38(48)43(23-7-2)29-16-14-28(41)15-17-29/h6-7,9-21,26,32-35,45H,1-2,8,22-25H2,3-5H3/t26?,32-,33+,34+,35?,39-,40?/m1/s1. The van der Waals surface area contributed by atoms with Gasteiger partial charge in [-0.2, -0.15) is 0 Å². The van der Waals surface area contributed by atoms with E-state index in [2.05, 4.69) is 13.2 Å². The first-order chi connectivity index (χ1) is 24.1. The van der Waals surface area contributed by atoms with Crippen molar-refractivity contribution in [2.45, 2.75) is 50.5 Å². The van der Waals surface area contributed by atoms with Gasteiger partial charge in [0.05, 0.1) is 36.7 Å². The third-order valence-electron chi connectivity index (χ3n) is 10.7. The molecule has 0 aromatic heterocycles. The molecular weight excluding hydrogens is 654 g/mol. The molecule has 3 saturated heterocycles. The number of nitrogens with zero attached hydrogens (tertiary/aromatic N) is 3. The topological polar surface area (TPSA) is 99.6 Å². The van der Waals surface area contributed by atoms with Crippen LogP contribution in [-0.2, 0) is 19.1 Å². The van der Waals surface area contributed by atoms with E-state index in [1.54, 1.807) is 58.4 Å². The molecule has 6 rings (SSSR count). The number of likely N-dealkylation sites (tertiary alicyclic amines) is 1. The molecule has 2 bridgehead atoms. The van der Waals surface area contributed by atoms with Crippen molar-refractivity contribution < 1.29 is 29.0 Å². The van der Waals surface area contributed by atoms with Gasteiger partial charge in [0, 0.05) is 29.5 Å². The van der Waals surface area contributed by atoms with Crippen molar-refractivity contribution in [3.63, 3.8) is 0 Å². The van der Waals surface area contributed by atoms with Gasteiger partial charge in [-0.25, -0.2) is 0 Å². The average Bonchev–Trinajstić information content (AvgIpc) is 3.64. The predicted octanol–water partition coefficient (Wildman–Crippen LogP) is 6.22. The number of carbonyl (C=O) groups excluding carboxylic acids is 3. The van der Waals surface area contributed by atoms with Crippen molar-refractivity contribution in [3.8, 4) is 5.75 Å². The van der Waals surface area contributed by atoms with Crippen molar-refractivity contribution in [1.82, 2.24) is 4.90 Å². The molecule has 3 aromatic carbocycles. The van der Waals surface area contributed by atoms with E-state index >= 15 is 9.59 Å². The number of aliphatic hydroxyl groups excluding tert-OH is 1. The molecule has 10 heteroatoms. The van der Waals surface area contributed by atoms with Gasteiger partial charge in [0.15, 0.2) is 0 Å². The van der Waals surface area contributed by atoms with E-state index in [1.165, 1.54) is 4.90 Å². The van der Waals surface area contributed by atoms with E-state index in [9.17, 15) is 9.90 Å². The van der Waals surface area contributed by atoms with Gasteiger partial charge in [-0.05, 0) is 80.3 Å². The fourth-order valence-corrected chi connectivity index (χ4v) is 8.55. The van der Waals surface area contributed by atoms with Crippen LogP contribution in [0.1, 0.15) is 38.8 Å². The molecule has 3 amide bonds. The Bertz CT molecular complexity index is 1750. The van der Waals surface area contributed by atoms with Crippen LogP contribution in [0.2, 0.25) is 5.02 Å². The summed E-state index contributed by atoms with van der Waals surface area (Å²) in [5.41, 5.74) is -0.552. The van der Waals surface area contributed by atoms with E-state index in [4.69, 9.17) is 21.1 Å². The number of amides is 3. The minimum Gasteiger partial charge on any atom is -0.494 e. The predicted molar refractivity (Wildman–Crippen MR) is 194 cm³/mol. The Balaban J connectivity index is 1.50. The molecule has 9 nitrogen and oxygen atoms in total. The molecule has 3 fully saturated rings. The van der Waals surface area contributed by atoms with Crippen LogP contribution in [-0.4, -0.2) is 71.3 Å². The minimum atomic E-state index is -1.35. The second-order valence-corrected chi connectivity index (χ2v) is 13.9. The Labute approximate surface area is 298 Å². The third kappa shape index (κ3) is 5.71. The fraction of sp³-hybridized carbons (Fsp3) is 0.375. The fourth-order valence-electron chi connectivity index (χ4n) is 8.43. The van der Waals surface area contributed by atoms with Crippen LogP contribution in [0.25, 0.3) is 0 Å². The Kier molecular flexibility index (Phi) is 9.95. The lowest BCUT2D eigenvalue weighted by atomic mass is 9.62. The summed E-state index contributed by atoms with van der Waals surface area (Å²) in [5, 5.41) is 11.4. The van der Waals surface area contributed by atoms with Gasteiger partial charge in [-0.15, -0.1) is 13.2 Å². The summed E-state index contributed by atoms with van der Waals surface area (Å²) < 4.78 is 12.7. The summed E-state index contributed by atoms with van der Waals surface area (Å²) in [6, 6.07) is 21.2. The number of hydrogen-bond donors (Lipinski definition) is 1. The zero-order chi connectivity index (χ0) is 35.8. The Morgan fingerprint density at radius 3 is 2.14 bits per heavy atom. The van der Waals surface area contributed by atoms with Crippen LogP contribution in [0, 0.1) is 17.8 Å². The monoisotopic (exact) mass is 697 g/mol. The summed E-state index contributed by atoms with van der Waals surface area (Å²) in [5.74, 6) is -2.52. The van der Waals surface area contributed by atoms with Crippen molar-refractivity contribution in [2.24, 2.45) is 17.8 Å². The highest BCUT2D eigenvalue weighted by atomic mass is 35.5. The van der Waals surface area contributed by atoms with Crippen molar-refractivity contribution in [3.05, 3.63) is 115 Å². The number of rotatable bonds is 13. The summed E-state index contributed by atoms with van der Waals surface area (Å²) >= 11 is 6.21. The minimum absolute atomic E-state index is 0.148. The molecule has 7 atom stereocenters. The molecule has 50 heavy (non-hydrogen) atoms. The van der Waals surface area contributed by atoms with Crippen molar-refractivity contribution >= 4 is 40.7 Å². The van der Waals surface area contributed by atoms with Gasteiger partial charge in [-0.1, -0.05) is 61.0 Å². The number of hydrogen-bond acceptors (Lipinski definition) is 6. The normalized spacial score (nSPS) is 27.1. The lowest BCUT2D eigenvalue weighted by molar-refractivity contribution is -0.149. The quantitative estimate of drug-likeness (QED) is 0.213. The molecule has 3 heterocycles. The third-order valence-corrected chi connectivity index (χ3v) is 11.0. The van der Waals surface area contributed by atoms with Crippen molar-refractivity contribution in [2.75, 3.05) is 36.1 Å². The summed E-state index contributed by atoms with van der Waals surface area (Å²) in [6.07, 6.45) is 3.64. The molecule has 0 radical (unpaired) electrons. The van der Waals surface area contributed by atoms with Gasteiger partial charge in [0.25, 0.3) is 5.91 Å². The van der Waals surface area contributed by atoms with Gasteiger partial charge in [0.2, 0.25) is 11.8 Å². The van der Waals surface area contributed by atoms with E-state index in [0.29, 0.717) is 40.7 Å². The first-order valence-corrected chi connectivity index (χ1v) is 17.4. The SMILES string of the molecule is C=CCN(C(=O)C1N([C@H](CO)c2ccccc2)C(=O)[C@@H]2[C@@H](C(=O)N(CC=C)c3ccc(OCC)cc3)[C@]3(C)OC12CC3C)c1ccc(Cl)cc1. The molecule has 0 saturated carbocycles. The largest absolute Gasteiger partial charge is 0.494 e. The van der Waals surface area contributed by atoms with Crippen LogP contribution in [0.15, 0.2) is 104 Å². The number of anilines is 2. The Hall–Kier alpha value is -4.44. The molecule has 3 unspecified atom stereocenters. The van der Waals surface area contributed by atoms with Crippen LogP contribution < -0.4 is 14.5 Å². The highest BCUT2D eigenvalue weighted by Crippen LogP contribution is 2.66. The number of aliphatic hydroxyl groups is 1. The van der Waals surface area contributed by atoms with E-state index < -0.39 is 53.5 Å². The van der Waals surface area contributed by atoms with Gasteiger partial charge in [-0.3, -0.25) is 14.4 Å². The van der Waals surface area contributed by atoms with E-state index in [1.807, 2.05) is 63.2 Å². The molecule has 3 aromatic rings. The van der Waals surface area contributed by atoms with Gasteiger partial charge < -0.3 is 29.3 Å². The lowest BCUT2D eigenvalue weighted by Gasteiger charge is -2.39. The Morgan fingerprint density at radius 2 is 1.58 bits per heavy atom. The first kappa shape index (κ1) is 35.4. The molecule has 262 valence electrons. The zero-order valence-electron chi connectivity index (χ0n) is 28.7. The maximum absolute atomic E-state index is 15.2. The van der Waals surface area contributed by atoms with Crippen LogP contribution in [0.5, 0.6) is 5.75 Å². The van der Waals surface area contributed by atoms with Crippen LogP contribution in [0.3, 0.4) is 0 Å². The summed E-state index contributed by atoms with van der Waals surface area (Å²) in [7, 11) is 0. The molecule has 3 aliphatic rings. The van der Waals surface area contributed by atoms with E-state index in [-0.39, 0.29) is 24.9 Å². The van der Waals surface area contributed by atoms with E-state index in [0.717, 1.165) is 0 Å². The smallest absolute Gasteiger partial charge is 0.253 e. The van der Waals surface area contributed by atoms with Crippen LogP contribution in [0.4, 0.5) is 11.4 Å². The number of carbonyl (C=O) groups is 3.